The summed E-state index contributed by atoms with van der Waals surface area (Å²) in [7, 11) is 0. The standard InChI is InChI=1S/C12H12ClN3O/c1-9(4-5-17)10-2-3-12(11(13)6-10)16-8-14-7-15-16/h2-3,5-9H,4H2,1H3. The first-order chi connectivity index (χ1) is 8.22. The minimum Gasteiger partial charge on any atom is -0.303 e. The average Bonchev–Trinajstić information content (AvgIpc) is 2.82. The molecule has 0 aliphatic heterocycles. The van der Waals surface area contributed by atoms with Crippen LogP contribution in [-0.2, 0) is 4.79 Å². The number of benzene rings is 1. The molecule has 0 aliphatic carbocycles. The highest BCUT2D eigenvalue weighted by Gasteiger charge is 2.09. The third kappa shape index (κ3) is 2.53. The van der Waals surface area contributed by atoms with Crippen LogP contribution in [0.25, 0.3) is 5.69 Å². The highest BCUT2D eigenvalue weighted by atomic mass is 35.5. The van der Waals surface area contributed by atoms with Gasteiger partial charge in [-0.15, -0.1) is 0 Å². The molecule has 2 aromatic rings. The SMILES string of the molecule is CC(CC=O)c1ccc(-n2cncn2)c(Cl)c1. The maximum absolute atomic E-state index is 10.5. The molecule has 0 saturated heterocycles. The molecule has 1 aromatic carbocycles. The zero-order valence-corrected chi connectivity index (χ0v) is 10.1. The van der Waals surface area contributed by atoms with Crippen LogP contribution in [0.5, 0.6) is 0 Å². The lowest BCUT2D eigenvalue weighted by Crippen LogP contribution is -1.99. The topological polar surface area (TPSA) is 47.8 Å². The van der Waals surface area contributed by atoms with E-state index >= 15 is 0 Å². The minimum atomic E-state index is 0.176. The van der Waals surface area contributed by atoms with Crippen LogP contribution in [0.1, 0.15) is 24.8 Å². The molecule has 0 radical (unpaired) electrons. The molecule has 1 atom stereocenters. The van der Waals surface area contributed by atoms with E-state index in [1.54, 1.807) is 11.0 Å². The van der Waals surface area contributed by atoms with Crippen LogP contribution in [0.3, 0.4) is 0 Å². The Morgan fingerprint density at radius 1 is 1.53 bits per heavy atom. The number of nitrogens with zero attached hydrogens (tertiary/aromatic N) is 3. The molecule has 0 fully saturated rings. The van der Waals surface area contributed by atoms with Crippen LogP contribution in [0.4, 0.5) is 0 Å². The molecule has 1 aromatic heterocycles. The van der Waals surface area contributed by atoms with E-state index in [0.29, 0.717) is 11.4 Å². The minimum absolute atomic E-state index is 0.176. The number of aromatic nitrogens is 3. The summed E-state index contributed by atoms with van der Waals surface area (Å²) in [6.45, 7) is 2.00. The smallest absolute Gasteiger partial charge is 0.138 e. The lowest BCUT2D eigenvalue weighted by atomic mass is 9.98. The van der Waals surface area contributed by atoms with Gasteiger partial charge in [0.15, 0.2) is 0 Å². The van der Waals surface area contributed by atoms with Crippen molar-refractivity contribution in [2.75, 3.05) is 0 Å². The fourth-order valence-corrected chi connectivity index (χ4v) is 1.90. The first-order valence-electron chi connectivity index (χ1n) is 5.30. The van der Waals surface area contributed by atoms with Gasteiger partial charge in [0.2, 0.25) is 0 Å². The maximum atomic E-state index is 10.5. The molecule has 1 heterocycles. The van der Waals surface area contributed by atoms with E-state index in [9.17, 15) is 4.79 Å². The largest absolute Gasteiger partial charge is 0.303 e. The molecule has 1 unspecified atom stereocenters. The first kappa shape index (κ1) is 11.8. The molecule has 4 nitrogen and oxygen atoms in total. The van der Waals surface area contributed by atoms with Crippen molar-refractivity contribution in [2.24, 2.45) is 0 Å². The van der Waals surface area contributed by atoms with Gasteiger partial charge in [0.25, 0.3) is 0 Å². The summed E-state index contributed by atoms with van der Waals surface area (Å²) >= 11 is 6.19. The molecule has 2 rings (SSSR count). The molecule has 88 valence electrons. The number of hydrogen-bond acceptors (Lipinski definition) is 3. The Morgan fingerprint density at radius 3 is 2.94 bits per heavy atom. The summed E-state index contributed by atoms with van der Waals surface area (Å²) in [5, 5.41) is 4.63. The molecule has 0 spiro atoms. The summed E-state index contributed by atoms with van der Waals surface area (Å²) in [6.07, 6.45) is 4.47. The zero-order chi connectivity index (χ0) is 12.3. The quantitative estimate of drug-likeness (QED) is 0.783. The summed E-state index contributed by atoms with van der Waals surface area (Å²) in [6, 6.07) is 5.71. The van der Waals surface area contributed by atoms with Gasteiger partial charge < -0.3 is 4.79 Å². The van der Waals surface area contributed by atoms with Crippen LogP contribution >= 0.6 is 11.6 Å². The van der Waals surface area contributed by atoms with Gasteiger partial charge in [-0.2, -0.15) is 5.10 Å². The van der Waals surface area contributed by atoms with E-state index in [0.717, 1.165) is 17.5 Å². The van der Waals surface area contributed by atoms with Gasteiger partial charge in [0.1, 0.15) is 18.9 Å². The number of hydrogen-bond donors (Lipinski definition) is 0. The Balaban J connectivity index is 2.32. The molecule has 0 N–H and O–H groups in total. The van der Waals surface area contributed by atoms with E-state index < -0.39 is 0 Å². The van der Waals surface area contributed by atoms with E-state index in [2.05, 4.69) is 10.1 Å². The number of carbonyl (C=O) groups excluding carboxylic acids is 1. The third-order valence-electron chi connectivity index (χ3n) is 2.66. The normalized spacial score (nSPS) is 12.4. The Hall–Kier alpha value is -1.68. The molecule has 0 bridgehead atoms. The fourth-order valence-electron chi connectivity index (χ4n) is 1.63. The van der Waals surface area contributed by atoms with Gasteiger partial charge >= 0.3 is 0 Å². The Labute approximate surface area is 104 Å². The molecule has 0 saturated carbocycles. The van der Waals surface area contributed by atoms with Crippen LogP contribution < -0.4 is 0 Å². The second-order valence-electron chi connectivity index (χ2n) is 3.85. The molecular formula is C12H12ClN3O. The van der Waals surface area contributed by atoms with Crippen molar-refractivity contribution in [3.8, 4) is 5.69 Å². The first-order valence-corrected chi connectivity index (χ1v) is 5.68. The Bertz CT molecular complexity index is 510. The number of carbonyl (C=O) groups is 1. The summed E-state index contributed by atoms with van der Waals surface area (Å²) in [5.41, 5.74) is 1.83. The second kappa shape index (κ2) is 5.10. The van der Waals surface area contributed by atoms with Gasteiger partial charge in [-0.3, -0.25) is 0 Å². The molecule has 17 heavy (non-hydrogen) atoms. The monoisotopic (exact) mass is 249 g/mol. The summed E-state index contributed by atoms with van der Waals surface area (Å²) in [4.78, 5) is 14.3. The molecular weight excluding hydrogens is 238 g/mol. The number of aldehydes is 1. The van der Waals surface area contributed by atoms with Crippen molar-refractivity contribution in [1.82, 2.24) is 14.8 Å². The van der Waals surface area contributed by atoms with E-state index in [-0.39, 0.29) is 5.92 Å². The zero-order valence-electron chi connectivity index (χ0n) is 9.38. The van der Waals surface area contributed by atoms with Crippen molar-refractivity contribution in [2.45, 2.75) is 19.3 Å². The Kier molecular flexibility index (Phi) is 3.54. The lowest BCUT2D eigenvalue weighted by Gasteiger charge is -2.11. The van der Waals surface area contributed by atoms with Crippen LogP contribution in [0, 0.1) is 0 Å². The van der Waals surface area contributed by atoms with E-state index in [4.69, 9.17) is 11.6 Å². The summed E-state index contributed by atoms with van der Waals surface area (Å²) < 4.78 is 1.61. The average molecular weight is 250 g/mol. The second-order valence-corrected chi connectivity index (χ2v) is 4.26. The molecule has 0 aliphatic rings. The summed E-state index contributed by atoms with van der Waals surface area (Å²) in [5.74, 6) is 0.176. The highest BCUT2D eigenvalue weighted by Crippen LogP contribution is 2.26. The Morgan fingerprint density at radius 2 is 2.35 bits per heavy atom. The predicted octanol–water partition coefficient (Wildman–Crippen LogP) is 2.61. The van der Waals surface area contributed by atoms with E-state index in [1.165, 1.54) is 6.33 Å². The van der Waals surface area contributed by atoms with Gasteiger partial charge in [0.05, 0.1) is 10.7 Å². The number of halogens is 1. The van der Waals surface area contributed by atoms with Gasteiger partial charge in [-0.05, 0) is 23.6 Å². The third-order valence-corrected chi connectivity index (χ3v) is 2.96. The predicted molar refractivity (Wildman–Crippen MR) is 65.5 cm³/mol. The van der Waals surface area contributed by atoms with Crippen molar-refractivity contribution in [3.63, 3.8) is 0 Å². The van der Waals surface area contributed by atoms with Crippen molar-refractivity contribution in [3.05, 3.63) is 41.4 Å². The fraction of sp³-hybridized carbons (Fsp3) is 0.250. The van der Waals surface area contributed by atoms with Gasteiger partial charge in [0, 0.05) is 6.42 Å². The molecule has 5 heteroatoms. The highest BCUT2D eigenvalue weighted by molar-refractivity contribution is 6.32. The van der Waals surface area contributed by atoms with Crippen molar-refractivity contribution >= 4 is 17.9 Å². The maximum Gasteiger partial charge on any atom is 0.138 e. The van der Waals surface area contributed by atoms with Gasteiger partial charge in [-0.25, -0.2) is 9.67 Å². The van der Waals surface area contributed by atoms with Crippen molar-refractivity contribution < 1.29 is 4.79 Å². The van der Waals surface area contributed by atoms with Crippen LogP contribution in [-0.4, -0.2) is 21.1 Å². The molecule has 0 amide bonds. The van der Waals surface area contributed by atoms with E-state index in [1.807, 2.05) is 25.1 Å². The lowest BCUT2D eigenvalue weighted by molar-refractivity contribution is -0.108. The van der Waals surface area contributed by atoms with Crippen LogP contribution in [0.15, 0.2) is 30.9 Å². The van der Waals surface area contributed by atoms with Crippen LogP contribution in [0.2, 0.25) is 5.02 Å². The van der Waals surface area contributed by atoms with Gasteiger partial charge in [-0.1, -0.05) is 24.6 Å². The van der Waals surface area contributed by atoms with Crippen molar-refractivity contribution in [1.29, 1.82) is 0 Å². The number of rotatable bonds is 4.